The minimum atomic E-state index is -0.0612. The zero-order valence-electron chi connectivity index (χ0n) is 10.1. The SMILES string of the molecule is CN1C(=O)CC/C=C\CCCCCCC1=O. The van der Waals surface area contributed by atoms with Crippen LogP contribution in [0.2, 0.25) is 0 Å². The Bertz CT molecular complexity index is 271. The van der Waals surface area contributed by atoms with E-state index in [4.69, 9.17) is 0 Å². The highest BCUT2D eigenvalue weighted by Gasteiger charge is 2.15. The maximum absolute atomic E-state index is 11.6. The van der Waals surface area contributed by atoms with Gasteiger partial charge < -0.3 is 0 Å². The Hall–Kier alpha value is -1.12. The van der Waals surface area contributed by atoms with Crippen LogP contribution in [0.25, 0.3) is 0 Å². The molecular weight excluding hydrogens is 202 g/mol. The fraction of sp³-hybridized carbons (Fsp3) is 0.692. The fourth-order valence-corrected chi connectivity index (χ4v) is 1.81. The molecule has 0 N–H and O–H groups in total. The van der Waals surface area contributed by atoms with Crippen molar-refractivity contribution in [2.45, 2.75) is 51.4 Å². The van der Waals surface area contributed by atoms with Crippen LogP contribution in [0.5, 0.6) is 0 Å². The molecule has 0 bridgehead atoms. The van der Waals surface area contributed by atoms with Crippen LogP contribution in [0, 0.1) is 0 Å². The molecule has 2 amide bonds. The molecule has 0 aromatic rings. The number of hydrogen-bond donors (Lipinski definition) is 0. The normalized spacial score (nSPS) is 23.2. The summed E-state index contributed by atoms with van der Waals surface area (Å²) >= 11 is 0. The zero-order valence-corrected chi connectivity index (χ0v) is 10.1. The van der Waals surface area contributed by atoms with E-state index in [0.29, 0.717) is 12.8 Å². The Morgan fingerprint density at radius 3 is 2.31 bits per heavy atom. The molecule has 3 heteroatoms. The van der Waals surface area contributed by atoms with Crippen LogP contribution < -0.4 is 0 Å². The highest BCUT2D eigenvalue weighted by Crippen LogP contribution is 2.09. The molecule has 16 heavy (non-hydrogen) atoms. The van der Waals surface area contributed by atoms with E-state index >= 15 is 0 Å². The summed E-state index contributed by atoms with van der Waals surface area (Å²) in [5.74, 6) is -0.0953. The number of allylic oxidation sites excluding steroid dienone is 2. The van der Waals surface area contributed by atoms with Crippen LogP contribution in [0.1, 0.15) is 51.4 Å². The first-order valence-electron chi connectivity index (χ1n) is 6.16. The highest BCUT2D eigenvalue weighted by molar-refractivity contribution is 5.94. The molecular formula is C13H21NO2. The van der Waals surface area contributed by atoms with E-state index in [-0.39, 0.29) is 11.8 Å². The van der Waals surface area contributed by atoms with E-state index in [0.717, 1.165) is 25.7 Å². The Morgan fingerprint density at radius 2 is 1.50 bits per heavy atom. The van der Waals surface area contributed by atoms with E-state index in [1.165, 1.54) is 17.7 Å². The van der Waals surface area contributed by atoms with Gasteiger partial charge in [-0.05, 0) is 25.7 Å². The summed E-state index contributed by atoms with van der Waals surface area (Å²) < 4.78 is 0. The van der Waals surface area contributed by atoms with Crippen molar-refractivity contribution in [3.05, 3.63) is 12.2 Å². The lowest BCUT2D eigenvalue weighted by Gasteiger charge is -2.14. The molecule has 0 aromatic carbocycles. The second-order valence-corrected chi connectivity index (χ2v) is 4.31. The number of carbonyl (C=O) groups is 2. The largest absolute Gasteiger partial charge is 0.286 e. The summed E-state index contributed by atoms with van der Waals surface area (Å²) in [4.78, 5) is 24.5. The van der Waals surface area contributed by atoms with Gasteiger partial charge in [0.2, 0.25) is 11.8 Å². The predicted molar refractivity (Wildman–Crippen MR) is 63.9 cm³/mol. The van der Waals surface area contributed by atoms with Crippen molar-refractivity contribution < 1.29 is 9.59 Å². The lowest BCUT2D eigenvalue weighted by molar-refractivity contribution is -0.143. The molecule has 0 radical (unpaired) electrons. The van der Waals surface area contributed by atoms with E-state index in [2.05, 4.69) is 6.08 Å². The maximum atomic E-state index is 11.6. The summed E-state index contributed by atoms with van der Waals surface area (Å²) in [7, 11) is 1.59. The molecule has 0 spiro atoms. The lowest BCUT2D eigenvalue weighted by Crippen LogP contribution is -2.32. The Kier molecular flexibility index (Phi) is 5.83. The molecule has 0 atom stereocenters. The first kappa shape index (κ1) is 12.9. The first-order chi connectivity index (χ1) is 7.72. The van der Waals surface area contributed by atoms with Gasteiger partial charge in [-0.2, -0.15) is 0 Å². The van der Waals surface area contributed by atoms with Crippen molar-refractivity contribution in [2.24, 2.45) is 0 Å². The number of nitrogens with zero attached hydrogens (tertiary/aromatic N) is 1. The summed E-state index contributed by atoms with van der Waals surface area (Å²) in [6, 6.07) is 0. The molecule has 0 saturated heterocycles. The molecule has 90 valence electrons. The minimum Gasteiger partial charge on any atom is -0.286 e. The summed E-state index contributed by atoms with van der Waals surface area (Å²) in [6.07, 6.45) is 11.3. The van der Waals surface area contributed by atoms with Crippen molar-refractivity contribution in [1.82, 2.24) is 4.90 Å². The van der Waals surface area contributed by atoms with Crippen molar-refractivity contribution in [3.63, 3.8) is 0 Å². The molecule has 0 unspecified atom stereocenters. The molecule has 3 nitrogen and oxygen atoms in total. The van der Waals surface area contributed by atoms with Crippen molar-refractivity contribution in [1.29, 1.82) is 0 Å². The number of imide groups is 1. The molecule has 1 aliphatic heterocycles. The third-order valence-corrected chi connectivity index (χ3v) is 2.95. The summed E-state index contributed by atoms with van der Waals surface area (Å²) in [5.41, 5.74) is 0. The smallest absolute Gasteiger partial charge is 0.229 e. The third-order valence-electron chi connectivity index (χ3n) is 2.95. The second-order valence-electron chi connectivity index (χ2n) is 4.31. The number of carbonyl (C=O) groups excluding carboxylic acids is 2. The van der Waals surface area contributed by atoms with Gasteiger partial charge in [-0.3, -0.25) is 14.5 Å². The van der Waals surface area contributed by atoms with E-state index in [1.54, 1.807) is 7.05 Å². The molecule has 0 aromatic heterocycles. The van der Waals surface area contributed by atoms with Crippen LogP contribution in [0.4, 0.5) is 0 Å². The average Bonchev–Trinajstić information content (AvgIpc) is 2.29. The monoisotopic (exact) mass is 223 g/mol. The van der Waals surface area contributed by atoms with Crippen LogP contribution in [0.15, 0.2) is 12.2 Å². The molecule has 1 aliphatic rings. The third kappa shape index (κ3) is 4.60. The molecule has 0 aliphatic carbocycles. The van der Waals surface area contributed by atoms with E-state index in [9.17, 15) is 9.59 Å². The van der Waals surface area contributed by atoms with Crippen molar-refractivity contribution in [3.8, 4) is 0 Å². The van der Waals surface area contributed by atoms with Gasteiger partial charge in [-0.25, -0.2) is 0 Å². The van der Waals surface area contributed by atoms with Gasteiger partial charge in [0.05, 0.1) is 0 Å². The lowest BCUT2D eigenvalue weighted by atomic mass is 10.1. The summed E-state index contributed by atoms with van der Waals surface area (Å²) in [5, 5.41) is 0. The number of rotatable bonds is 0. The molecule has 1 rings (SSSR count). The molecule has 1 heterocycles. The Morgan fingerprint density at radius 1 is 0.875 bits per heavy atom. The predicted octanol–water partition coefficient (Wildman–Crippen LogP) is 2.66. The fourth-order valence-electron chi connectivity index (χ4n) is 1.81. The molecule has 0 fully saturated rings. The van der Waals surface area contributed by atoms with E-state index in [1.807, 2.05) is 6.08 Å². The maximum Gasteiger partial charge on any atom is 0.229 e. The summed E-state index contributed by atoms with van der Waals surface area (Å²) in [6.45, 7) is 0. The number of hydrogen-bond acceptors (Lipinski definition) is 2. The van der Waals surface area contributed by atoms with Gasteiger partial charge in [0.15, 0.2) is 0 Å². The molecule has 0 saturated carbocycles. The first-order valence-corrected chi connectivity index (χ1v) is 6.16. The van der Waals surface area contributed by atoms with Gasteiger partial charge in [0, 0.05) is 19.9 Å². The van der Waals surface area contributed by atoms with Gasteiger partial charge in [0.1, 0.15) is 0 Å². The Labute approximate surface area is 97.5 Å². The van der Waals surface area contributed by atoms with Crippen LogP contribution >= 0.6 is 0 Å². The van der Waals surface area contributed by atoms with Gasteiger partial charge in [-0.15, -0.1) is 0 Å². The van der Waals surface area contributed by atoms with Crippen LogP contribution in [-0.4, -0.2) is 23.8 Å². The van der Waals surface area contributed by atoms with Gasteiger partial charge in [0.25, 0.3) is 0 Å². The van der Waals surface area contributed by atoms with Crippen LogP contribution in [-0.2, 0) is 9.59 Å². The minimum absolute atomic E-state index is 0.0340. The van der Waals surface area contributed by atoms with E-state index < -0.39 is 0 Å². The van der Waals surface area contributed by atoms with Crippen molar-refractivity contribution in [2.75, 3.05) is 7.05 Å². The average molecular weight is 223 g/mol. The van der Waals surface area contributed by atoms with Crippen LogP contribution in [0.3, 0.4) is 0 Å². The van der Waals surface area contributed by atoms with Gasteiger partial charge >= 0.3 is 0 Å². The quantitative estimate of drug-likeness (QED) is 0.467. The highest BCUT2D eigenvalue weighted by atomic mass is 16.2. The second kappa shape index (κ2) is 7.20. The standard InChI is InChI=1S/C13H21NO2/c1-14-12(15)10-8-6-4-2-3-5-7-9-11-13(14)16/h4,6H,2-3,5,7-11H2,1H3/b6-4-. The zero-order chi connectivity index (χ0) is 11.8. The van der Waals surface area contributed by atoms with Crippen molar-refractivity contribution >= 4 is 11.8 Å². The number of amides is 2. The topological polar surface area (TPSA) is 37.4 Å². The van der Waals surface area contributed by atoms with Gasteiger partial charge in [-0.1, -0.05) is 25.0 Å². The Balaban J connectivity index is 2.50.